The van der Waals surface area contributed by atoms with Crippen molar-refractivity contribution in [3.8, 4) is 0 Å². The number of carbonyl (C=O) groups is 5. The Kier molecular flexibility index (Phi) is 7.48. The second-order valence-electron chi connectivity index (χ2n) is 8.24. The highest BCUT2D eigenvalue weighted by Crippen LogP contribution is 2.23. The van der Waals surface area contributed by atoms with E-state index in [4.69, 9.17) is 0 Å². The van der Waals surface area contributed by atoms with Crippen LogP contribution >= 0.6 is 0 Å². The molecular formula is C27H23N5O5. The zero-order valence-corrected chi connectivity index (χ0v) is 19.8. The number of para-hydroxylation sites is 1. The lowest BCUT2D eigenvalue weighted by Gasteiger charge is -2.29. The normalized spacial score (nSPS) is 15.4. The molecule has 10 heteroatoms. The number of urea groups is 1. The fraction of sp³-hybridized carbons (Fsp3) is 0.111. The minimum atomic E-state index is -1.40. The maximum Gasteiger partial charge on any atom is 0.335 e. The van der Waals surface area contributed by atoms with Crippen molar-refractivity contribution in [1.29, 1.82) is 0 Å². The van der Waals surface area contributed by atoms with Gasteiger partial charge in [0.1, 0.15) is 0 Å². The molecular weight excluding hydrogens is 474 g/mol. The zero-order chi connectivity index (χ0) is 26.4. The van der Waals surface area contributed by atoms with Crippen LogP contribution in [0.25, 0.3) is 0 Å². The van der Waals surface area contributed by atoms with Crippen molar-refractivity contribution in [2.75, 3.05) is 10.2 Å². The number of amides is 6. The van der Waals surface area contributed by atoms with Crippen molar-refractivity contribution < 1.29 is 24.0 Å². The number of hydrogen-bond donors (Lipinski definition) is 3. The Labute approximate surface area is 212 Å². The Balaban J connectivity index is 1.36. The summed E-state index contributed by atoms with van der Waals surface area (Å²) in [6.07, 6.45) is 1.20. The smallest absolute Gasteiger partial charge is 0.326 e. The number of hydrogen-bond acceptors (Lipinski definition) is 6. The number of imide groups is 2. The van der Waals surface area contributed by atoms with Gasteiger partial charge in [-0.25, -0.2) is 15.1 Å². The van der Waals surface area contributed by atoms with Crippen LogP contribution in [0.15, 0.2) is 84.0 Å². The molecule has 0 radical (unpaired) electrons. The first-order valence-corrected chi connectivity index (χ1v) is 11.4. The van der Waals surface area contributed by atoms with Crippen LogP contribution in [0.4, 0.5) is 16.2 Å². The first-order chi connectivity index (χ1) is 17.8. The predicted octanol–water partition coefficient (Wildman–Crippen LogP) is 2.79. The molecule has 186 valence electrons. The summed E-state index contributed by atoms with van der Waals surface area (Å²) >= 11 is 0. The molecule has 3 aromatic rings. The molecule has 10 nitrogen and oxygen atoms in total. The Hall–Kier alpha value is -5.12. The molecule has 6 amide bonds. The van der Waals surface area contributed by atoms with Crippen LogP contribution in [0, 0.1) is 12.8 Å². The maximum absolute atomic E-state index is 12.9. The van der Waals surface area contributed by atoms with Crippen molar-refractivity contribution in [3.05, 3.63) is 95.6 Å². The third-order valence-corrected chi connectivity index (χ3v) is 5.59. The molecule has 0 aliphatic carbocycles. The molecule has 1 atom stereocenters. The van der Waals surface area contributed by atoms with Crippen LogP contribution in [0.3, 0.4) is 0 Å². The van der Waals surface area contributed by atoms with Gasteiger partial charge in [-0.05, 0) is 48.4 Å². The van der Waals surface area contributed by atoms with Crippen LogP contribution in [-0.4, -0.2) is 35.9 Å². The summed E-state index contributed by atoms with van der Waals surface area (Å²) in [6, 6.07) is 21.3. The van der Waals surface area contributed by atoms with Gasteiger partial charge in [-0.2, -0.15) is 5.10 Å². The molecule has 0 saturated carbocycles. The molecule has 4 rings (SSSR count). The largest absolute Gasteiger partial charge is 0.335 e. The summed E-state index contributed by atoms with van der Waals surface area (Å²) < 4.78 is 0. The van der Waals surface area contributed by atoms with Crippen molar-refractivity contribution in [2.45, 2.75) is 13.3 Å². The van der Waals surface area contributed by atoms with Crippen molar-refractivity contribution in [3.63, 3.8) is 0 Å². The maximum atomic E-state index is 12.9. The minimum absolute atomic E-state index is 0.193. The van der Waals surface area contributed by atoms with E-state index in [0.717, 1.165) is 16.7 Å². The zero-order valence-electron chi connectivity index (χ0n) is 19.8. The van der Waals surface area contributed by atoms with Gasteiger partial charge in [-0.3, -0.25) is 24.5 Å². The van der Waals surface area contributed by atoms with Gasteiger partial charge in [0.05, 0.1) is 12.1 Å². The van der Waals surface area contributed by atoms with E-state index in [9.17, 15) is 24.0 Å². The second kappa shape index (κ2) is 11.1. The molecule has 1 fully saturated rings. The van der Waals surface area contributed by atoms with Gasteiger partial charge in [-0.1, -0.05) is 48.5 Å². The van der Waals surface area contributed by atoms with E-state index in [-0.39, 0.29) is 17.9 Å². The average molecular weight is 498 g/mol. The number of carbonyl (C=O) groups excluding carboxylic acids is 5. The van der Waals surface area contributed by atoms with E-state index in [0.29, 0.717) is 16.9 Å². The SMILES string of the molecule is Cc1ccccc1N1C(=O)NC(=O)[C@@H](/C=N\NC(=O)c2ccc(NC(=O)Cc3ccccc3)cc2)C1=O. The molecule has 3 N–H and O–H groups in total. The third-order valence-electron chi connectivity index (χ3n) is 5.59. The number of nitrogens with one attached hydrogen (secondary N) is 3. The first-order valence-electron chi connectivity index (χ1n) is 11.4. The Morgan fingerprint density at radius 3 is 2.32 bits per heavy atom. The van der Waals surface area contributed by atoms with E-state index >= 15 is 0 Å². The number of aryl methyl sites for hydroxylation is 1. The average Bonchev–Trinajstić information content (AvgIpc) is 2.88. The molecule has 0 unspecified atom stereocenters. The van der Waals surface area contributed by atoms with E-state index in [2.05, 4.69) is 21.2 Å². The van der Waals surface area contributed by atoms with Crippen LogP contribution in [-0.2, 0) is 20.8 Å². The molecule has 0 aromatic heterocycles. The van der Waals surface area contributed by atoms with E-state index in [1.165, 1.54) is 12.1 Å². The standard InChI is InChI=1S/C27H23N5O5/c1-17-7-5-6-10-22(17)32-26(36)21(25(35)30-27(32)37)16-28-31-24(34)19-11-13-20(14-12-19)29-23(33)15-18-8-3-2-4-9-18/h2-14,16,21H,15H2,1H3,(H,29,33)(H,31,34)(H,30,35,37)/b28-16-/t21-/m1/s1. The summed E-state index contributed by atoms with van der Waals surface area (Å²) in [4.78, 5) is 63.0. The quantitative estimate of drug-likeness (QED) is 0.262. The number of rotatable bonds is 7. The van der Waals surface area contributed by atoms with Crippen molar-refractivity contribution in [2.24, 2.45) is 11.0 Å². The van der Waals surface area contributed by atoms with Crippen LogP contribution < -0.4 is 21.0 Å². The first kappa shape index (κ1) is 25.0. The van der Waals surface area contributed by atoms with E-state index in [1.54, 1.807) is 43.3 Å². The van der Waals surface area contributed by atoms with Crippen LogP contribution in [0.1, 0.15) is 21.5 Å². The van der Waals surface area contributed by atoms with Gasteiger partial charge in [0.2, 0.25) is 11.8 Å². The van der Waals surface area contributed by atoms with Gasteiger partial charge in [-0.15, -0.1) is 0 Å². The van der Waals surface area contributed by atoms with Gasteiger partial charge in [0, 0.05) is 17.5 Å². The summed E-state index contributed by atoms with van der Waals surface area (Å²) in [5.41, 5.74) is 4.92. The minimum Gasteiger partial charge on any atom is -0.326 e. The number of benzene rings is 3. The van der Waals surface area contributed by atoms with Crippen LogP contribution in [0.5, 0.6) is 0 Å². The number of nitrogens with zero attached hydrogens (tertiary/aromatic N) is 2. The molecule has 1 heterocycles. The summed E-state index contributed by atoms with van der Waals surface area (Å²) in [7, 11) is 0. The molecule has 0 spiro atoms. The fourth-order valence-corrected chi connectivity index (χ4v) is 3.69. The molecule has 3 aromatic carbocycles. The summed E-state index contributed by atoms with van der Waals surface area (Å²) in [5.74, 6) is -3.81. The summed E-state index contributed by atoms with van der Waals surface area (Å²) in [5, 5.41) is 8.65. The molecule has 1 saturated heterocycles. The third kappa shape index (κ3) is 5.93. The van der Waals surface area contributed by atoms with Crippen molar-refractivity contribution >= 4 is 47.2 Å². The second-order valence-corrected chi connectivity index (χ2v) is 8.24. The number of anilines is 2. The number of barbiturate groups is 1. The Morgan fingerprint density at radius 1 is 0.946 bits per heavy atom. The van der Waals surface area contributed by atoms with E-state index in [1.807, 2.05) is 30.3 Å². The van der Waals surface area contributed by atoms with Crippen molar-refractivity contribution in [1.82, 2.24) is 10.7 Å². The molecule has 1 aliphatic heterocycles. The predicted molar refractivity (Wildman–Crippen MR) is 137 cm³/mol. The van der Waals surface area contributed by atoms with Gasteiger partial charge in [0.15, 0.2) is 5.92 Å². The van der Waals surface area contributed by atoms with Gasteiger partial charge < -0.3 is 5.32 Å². The monoisotopic (exact) mass is 497 g/mol. The van der Waals surface area contributed by atoms with Crippen LogP contribution in [0.2, 0.25) is 0 Å². The lowest BCUT2D eigenvalue weighted by molar-refractivity contribution is -0.131. The highest BCUT2D eigenvalue weighted by atomic mass is 16.2. The highest BCUT2D eigenvalue weighted by molar-refractivity contribution is 6.32. The number of hydrazone groups is 1. The highest BCUT2D eigenvalue weighted by Gasteiger charge is 2.41. The van der Waals surface area contributed by atoms with E-state index < -0.39 is 29.7 Å². The van der Waals surface area contributed by atoms with Gasteiger partial charge >= 0.3 is 6.03 Å². The Morgan fingerprint density at radius 2 is 1.62 bits per heavy atom. The fourth-order valence-electron chi connectivity index (χ4n) is 3.69. The lowest BCUT2D eigenvalue weighted by Crippen LogP contribution is -2.59. The lowest BCUT2D eigenvalue weighted by atomic mass is 10.0. The topological polar surface area (TPSA) is 137 Å². The summed E-state index contributed by atoms with van der Waals surface area (Å²) in [6.45, 7) is 1.73. The Bertz CT molecular complexity index is 1390. The molecule has 37 heavy (non-hydrogen) atoms. The van der Waals surface area contributed by atoms with Gasteiger partial charge in [0.25, 0.3) is 11.8 Å². The molecule has 0 bridgehead atoms. The molecule has 1 aliphatic rings.